The molecule has 0 aliphatic carbocycles. The van der Waals surface area contributed by atoms with E-state index in [9.17, 15) is 0 Å². The van der Waals surface area contributed by atoms with Crippen LogP contribution in [0.2, 0.25) is 0 Å². The number of rotatable bonds is 7. The molecule has 0 radical (unpaired) electrons. The maximum absolute atomic E-state index is 5.48. The van der Waals surface area contributed by atoms with E-state index in [0.29, 0.717) is 24.1 Å². The Bertz CT molecular complexity index is 221. The molecule has 0 amide bonds. The van der Waals surface area contributed by atoms with Gasteiger partial charge < -0.3 is 10.1 Å². The molecular formula is C15H32N2O. The van der Waals surface area contributed by atoms with E-state index in [0.717, 1.165) is 6.54 Å². The maximum atomic E-state index is 5.48. The average Bonchev–Trinajstić information content (AvgIpc) is 2.35. The quantitative estimate of drug-likeness (QED) is 0.757. The number of methoxy groups -OCH3 is 1. The number of likely N-dealkylation sites (tertiary alicyclic amines) is 1. The third kappa shape index (κ3) is 4.87. The second-order valence-corrected chi connectivity index (χ2v) is 6.03. The van der Waals surface area contributed by atoms with Crippen LogP contribution in [0, 0.1) is 5.92 Å². The average molecular weight is 256 g/mol. The van der Waals surface area contributed by atoms with Crippen molar-refractivity contribution in [1.29, 1.82) is 0 Å². The van der Waals surface area contributed by atoms with Crippen molar-refractivity contribution in [1.82, 2.24) is 10.2 Å². The zero-order chi connectivity index (χ0) is 13.5. The van der Waals surface area contributed by atoms with Crippen molar-refractivity contribution in [2.24, 2.45) is 5.92 Å². The van der Waals surface area contributed by atoms with Gasteiger partial charge in [0.2, 0.25) is 0 Å². The summed E-state index contributed by atoms with van der Waals surface area (Å²) >= 11 is 0. The molecule has 1 N–H and O–H groups in total. The minimum absolute atomic E-state index is 0.470. The molecule has 3 heteroatoms. The molecule has 0 saturated carbocycles. The molecule has 3 unspecified atom stereocenters. The highest BCUT2D eigenvalue weighted by Crippen LogP contribution is 2.20. The molecule has 1 saturated heterocycles. The molecule has 1 heterocycles. The first-order valence-electron chi connectivity index (χ1n) is 7.58. The number of ether oxygens (including phenoxy) is 1. The number of hydrogen-bond donors (Lipinski definition) is 1. The predicted octanol–water partition coefficient (Wildman–Crippen LogP) is 2.51. The molecule has 3 atom stereocenters. The first-order chi connectivity index (χ1) is 8.58. The highest BCUT2D eigenvalue weighted by molar-refractivity contribution is 4.83. The molecule has 1 fully saturated rings. The SMILES string of the molecule is CCCNC(CN1CCC(OC)CC1C)C(C)C. The number of nitrogens with one attached hydrogen (secondary N) is 1. The lowest BCUT2D eigenvalue weighted by Crippen LogP contribution is -2.51. The van der Waals surface area contributed by atoms with Crippen LogP contribution in [0.1, 0.15) is 47.0 Å². The van der Waals surface area contributed by atoms with E-state index in [-0.39, 0.29) is 0 Å². The molecule has 0 aromatic rings. The molecule has 0 bridgehead atoms. The first-order valence-corrected chi connectivity index (χ1v) is 7.58. The van der Waals surface area contributed by atoms with E-state index >= 15 is 0 Å². The second kappa shape index (κ2) is 8.13. The van der Waals surface area contributed by atoms with E-state index in [2.05, 4.69) is 37.9 Å². The largest absolute Gasteiger partial charge is 0.381 e. The molecule has 0 aromatic heterocycles. The van der Waals surface area contributed by atoms with Crippen LogP contribution in [0.4, 0.5) is 0 Å². The predicted molar refractivity (Wildman–Crippen MR) is 78.0 cm³/mol. The Hall–Kier alpha value is -0.120. The van der Waals surface area contributed by atoms with Gasteiger partial charge in [-0.2, -0.15) is 0 Å². The van der Waals surface area contributed by atoms with Crippen LogP contribution in [0.15, 0.2) is 0 Å². The molecular weight excluding hydrogens is 224 g/mol. The summed E-state index contributed by atoms with van der Waals surface area (Å²) in [5.41, 5.74) is 0. The summed E-state index contributed by atoms with van der Waals surface area (Å²) in [4.78, 5) is 2.63. The zero-order valence-corrected chi connectivity index (χ0v) is 12.9. The third-order valence-corrected chi connectivity index (χ3v) is 4.19. The molecule has 0 spiro atoms. The molecule has 18 heavy (non-hydrogen) atoms. The first kappa shape index (κ1) is 15.9. The maximum Gasteiger partial charge on any atom is 0.0598 e. The van der Waals surface area contributed by atoms with Gasteiger partial charge in [0.1, 0.15) is 0 Å². The van der Waals surface area contributed by atoms with Crippen molar-refractivity contribution in [3.8, 4) is 0 Å². The fourth-order valence-electron chi connectivity index (χ4n) is 2.76. The van der Waals surface area contributed by atoms with Crippen molar-refractivity contribution in [3.05, 3.63) is 0 Å². The highest BCUT2D eigenvalue weighted by atomic mass is 16.5. The number of hydrogen-bond acceptors (Lipinski definition) is 3. The van der Waals surface area contributed by atoms with Gasteiger partial charge in [-0.1, -0.05) is 20.8 Å². The summed E-state index contributed by atoms with van der Waals surface area (Å²) in [6, 6.07) is 1.26. The van der Waals surface area contributed by atoms with Crippen LogP contribution < -0.4 is 5.32 Å². The van der Waals surface area contributed by atoms with Gasteiger partial charge in [0.25, 0.3) is 0 Å². The van der Waals surface area contributed by atoms with Gasteiger partial charge >= 0.3 is 0 Å². The Balaban J connectivity index is 2.43. The van der Waals surface area contributed by atoms with E-state index in [4.69, 9.17) is 4.74 Å². The second-order valence-electron chi connectivity index (χ2n) is 6.03. The molecule has 1 aliphatic heterocycles. The van der Waals surface area contributed by atoms with Crippen LogP contribution in [-0.2, 0) is 4.74 Å². The molecule has 0 aromatic carbocycles. The van der Waals surface area contributed by atoms with Crippen molar-refractivity contribution in [2.75, 3.05) is 26.7 Å². The molecule has 108 valence electrons. The Morgan fingerprint density at radius 2 is 2.11 bits per heavy atom. The summed E-state index contributed by atoms with van der Waals surface area (Å²) in [5, 5.41) is 3.69. The lowest BCUT2D eigenvalue weighted by molar-refractivity contribution is 0.0109. The molecule has 1 aliphatic rings. The van der Waals surface area contributed by atoms with Gasteiger partial charge in [-0.3, -0.25) is 4.90 Å². The minimum Gasteiger partial charge on any atom is -0.381 e. The normalized spacial score (nSPS) is 27.7. The van der Waals surface area contributed by atoms with Crippen LogP contribution in [0.25, 0.3) is 0 Å². The minimum atomic E-state index is 0.470. The van der Waals surface area contributed by atoms with E-state index in [1.54, 1.807) is 0 Å². The number of nitrogens with zero attached hydrogens (tertiary/aromatic N) is 1. The summed E-state index contributed by atoms with van der Waals surface area (Å²) in [6.07, 6.45) is 4.04. The summed E-state index contributed by atoms with van der Waals surface area (Å²) in [7, 11) is 1.84. The monoisotopic (exact) mass is 256 g/mol. The van der Waals surface area contributed by atoms with Gasteiger partial charge in [0, 0.05) is 32.3 Å². The number of piperidine rings is 1. The van der Waals surface area contributed by atoms with E-state index in [1.807, 2.05) is 7.11 Å². The Morgan fingerprint density at radius 1 is 1.39 bits per heavy atom. The lowest BCUT2D eigenvalue weighted by Gasteiger charge is -2.40. The fraction of sp³-hybridized carbons (Fsp3) is 1.00. The van der Waals surface area contributed by atoms with Crippen LogP contribution in [0.3, 0.4) is 0 Å². The zero-order valence-electron chi connectivity index (χ0n) is 12.9. The molecule has 3 nitrogen and oxygen atoms in total. The van der Waals surface area contributed by atoms with Gasteiger partial charge in [0.15, 0.2) is 0 Å². The van der Waals surface area contributed by atoms with Gasteiger partial charge in [0.05, 0.1) is 6.10 Å². The van der Waals surface area contributed by atoms with Crippen LogP contribution in [-0.4, -0.2) is 49.8 Å². The summed E-state index contributed by atoms with van der Waals surface area (Å²) < 4.78 is 5.48. The summed E-state index contributed by atoms with van der Waals surface area (Å²) in [6.45, 7) is 12.7. The lowest BCUT2D eigenvalue weighted by atomic mass is 9.97. The Labute approximate surface area is 113 Å². The van der Waals surface area contributed by atoms with Crippen molar-refractivity contribution in [3.63, 3.8) is 0 Å². The van der Waals surface area contributed by atoms with E-state index in [1.165, 1.54) is 32.4 Å². The van der Waals surface area contributed by atoms with Crippen molar-refractivity contribution < 1.29 is 4.74 Å². The Kier molecular flexibility index (Phi) is 7.20. The summed E-state index contributed by atoms with van der Waals surface area (Å²) in [5.74, 6) is 0.698. The fourth-order valence-corrected chi connectivity index (χ4v) is 2.76. The van der Waals surface area contributed by atoms with Crippen molar-refractivity contribution >= 4 is 0 Å². The standard InChI is InChI=1S/C15H32N2O/c1-6-8-16-15(12(2)3)11-17-9-7-14(18-5)10-13(17)4/h12-16H,6-11H2,1-5H3. The van der Waals surface area contributed by atoms with Gasteiger partial charge in [-0.25, -0.2) is 0 Å². The van der Waals surface area contributed by atoms with Crippen LogP contribution >= 0.6 is 0 Å². The van der Waals surface area contributed by atoms with E-state index < -0.39 is 0 Å². The third-order valence-electron chi connectivity index (χ3n) is 4.19. The van der Waals surface area contributed by atoms with Gasteiger partial charge in [-0.05, 0) is 38.6 Å². The topological polar surface area (TPSA) is 24.5 Å². The van der Waals surface area contributed by atoms with Gasteiger partial charge in [-0.15, -0.1) is 0 Å². The Morgan fingerprint density at radius 3 is 2.61 bits per heavy atom. The smallest absolute Gasteiger partial charge is 0.0598 e. The van der Waals surface area contributed by atoms with Crippen molar-refractivity contribution in [2.45, 2.75) is 65.1 Å². The highest BCUT2D eigenvalue weighted by Gasteiger charge is 2.27. The van der Waals surface area contributed by atoms with Crippen LogP contribution in [0.5, 0.6) is 0 Å². The molecule has 1 rings (SSSR count).